The van der Waals surface area contributed by atoms with E-state index in [1.54, 1.807) is 54.7 Å². The number of benzene rings is 2. The number of aromatic nitrogens is 1. The van der Waals surface area contributed by atoms with E-state index >= 15 is 0 Å². The van der Waals surface area contributed by atoms with E-state index < -0.39 is 0 Å². The number of amides is 2. The maximum absolute atomic E-state index is 12.9. The van der Waals surface area contributed by atoms with Crippen LogP contribution < -0.4 is 5.32 Å². The molecule has 150 valence electrons. The van der Waals surface area contributed by atoms with E-state index in [-0.39, 0.29) is 17.6 Å². The van der Waals surface area contributed by atoms with Crippen LogP contribution in [0.25, 0.3) is 0 Å². The van der Waals surface area contributed by atoms with Gasteiger partial charge in [0.1, 0.15) is 0 Å². The molecule has 0 aliphatic heterocycles. The van der Waals surface area contributed by atoms with E-state index in [4.69, 9.17) is 5.26 Å². The third kappa shape index (κ3) is 5.69. The summed E-state index contributed by atoms with van der Waals surface area (Å²) in [6.07, 6.45) is 3.43. The van der Waals surface area contributed by atoms with Crippen molar-refractivity contribution in [3.8, 4) is 6.07 Å². The minimum Gasteiger partial charge on any atom is -0.337 e. The van der Waals surface area contributed by atoms with Crippen LogP contribution in [0.1, 0.15) is 21.5 Å². The van der Waals surface area contributed by atoms with E-state index in [9.17, 15) is 9.59 Å². The Kier molecular flexibility index (Phi) is 7.19. The lowest BCUT2D eigenvalue weighted by molar-refractivity contribution is -0.113. The van der Waals surface area contributed by atoms with Crippen LogP contribution in [-0.2, 0) is 11.3 Å². The van der Waals surface area contributed by atoms with Crippen molar-refractivity contribution < 1.29 is 9.59 Å². The Labute approximate surface area is 179 Å². The van der Waals surface area contributed by atoms with E-state index in [0.717, 1.165) is 10.5 Å². The molecule has 1 heterocycles. The molecule has 2 aromatic carbocycles. The molecule has 1 aromatic heterocycles. The standard InChI is InChI=1S/C23H20N4O2S/c1-27(15-18-7-5-11-25-14-18)23(29)20-9-2-3-10-21(20)30-16-22(28)26-19-8-4-6-17(12-19)13-24/h2-12,14H,15-16H2,1H3,(H,26,28). The van der Waals surface area contributed by atoms with E-state index in [2.05, 4.69) is 10.3 Å². The molecule has 0 atom stereocenters. The first-order chi connectivity index (χ1) is 14.6. The highest BCUT2D eigenvalue weighted by molar-refractivity contribution is 8.00. The van der Waals surface area contributed by atoms with Gasteiger partial charge in [-0.25, -0.2) is 0 Å². The van der Waals surface area contributed by atoms with Crippen molar-refractivity contribution in [2.24, 2.45) is 0 Å². The Morgan fingerprint density at radius 1 is 1.13 bits per heavy atom. The second kappa shape index (κ2) is 10.2. The number of rotatable bonds is 7. The lowest BCUT2D eigenvalue weighted by Crippen LogP contribution is -2.26. The van der Waals surface area contributed by atoms with E-state index in [1.165, 1.54) is 11.8 Å². The summed E-state index contributed by atoms with van der Waals surface area (Å²) in [6.45, 7) is 0.446. The lowest BCUT2D eigenvalue weighted by Gasteiger charge is -2.19. The molecule has 7 heteroatoms. The van der Waals surface area contributed by atoms with Crippen molar-refractivity contribution in [2.45, 2.75) is 11.4 Å². The Balaban J connectivity index is 1.64. The normalized spacial score (nSPS) is 10.1. The molecule has 0 unspecified atom stereocenters. The highest BCUT2D eigenvalue weighted by atomic mass is 32.2. The predicted octanol–water partition coefficient (Wildman–Crippen LogP) is 3.96. The topological polar surface area (TPSA) is 86.1 Å². The number of pyridine rings is 1. The van der Waals surface area contributed by atoms with Crippen LogP contribution in [-0.4, -0.2) is 34.5 Å². The zero-order valence-electron chi connectivity index (χ0n) is 16.4. The molecule has 0 aliphatic carbocycles. The number of carbonyl (C=O) groups excluding carboxylic acids is 2. The fraction of sp³-hybridized carbons (Fsp3) is 0.130. The molecule has 0 fully saturated rings. The Morgan fingerprint density at radius 2 is 1.97 bits per heavy atom. The quantitative estimate of drug-likeness (QED) is 0.589. The fourth-order valence-corrected chi connectivity index (χ4v) is 3.66. The first-order valence-corrected chi connectivity index (χ1v) is 10.2. The summed E-state index contributed by atoms with van der Waals surface area (Å²) in [5.74, 6) is -0.182. The number of thioether (sulfide) groups is 1. The number of carbonyl (C=O) groups is 2. The van der Waals surface area contributed by atoms with Crippen molar-refractivity contribution >= 4 is 29.3 Å². The van der Waals surface area contributed by atoms with Gasteiger partial charge in [0.05, 0.1) is 22.9 Å². The van der Waals surface area contributed by atoms with Crippen LogP contribution in [0.15, 0.2) is 78.0 Å². The summed E-state index contributed by atoms with van der Waals surface area (Å²) in [6, 6.07) is 19.8. The molecule has 0 spiro atoms. The molecule has 0 radical (unpaired) electrons. The van der Waals surface area contributed by atoms with Crippen molar-refractivity contribution in [1.29, 1.82) is 5.26 Å². The minimum atomic E-state index is -0.207. The summed E-state index contributed by atoms with van der Waals surface area (Å²) < 4.78 is 0. The second-order valence-electron chi connectivity index (χ2n) is 6.55. The molecule has 2 amide bonds. The third-order valence-electron chi connectivity index (χ3n) is 4.24. The van der Waals surface area contributed by atoms with Crippen LogP contribution in [0.4, 0.5) is 5.69 Å². The maximum Gasteiger partial charge on any atom is 0.255 e. The number of nitriles is 1. The highest BCUT2D eigenvalue weighted by Crippen LogP contribution is 2.24. The summed E-state index contributed by atoms with van der Waals surface area (Å²) in [5.41, 5.74) is 2.54. The predicted molar refractivity (Wildman–Crippen MR) is 117 cm³/mol. The van der Waals surface area contributed by atoms with Crippen molar-refractivity contribution in [2.75, 3.05) is 18.1 Å². The molecular weight excluding hydrogens is 396 g/mol. The Bertz CT molecular complexity index is 1080. The molecule has 6 nitrogen and oxygen atoms in total. The van der Waals surface area contributed by atoms with Crippen molar-refractivity contribution in [3.05, 3.63) is 89.7 Å². The monoisotopic (exact) mass is 416 g/mol. The Morgan fingerprint density at radius 3 is 2.73 bits per heavy atom. The largest absolute Gasteiger partial charge is 0.337 e. The molecule has 0 aliphatic rings. The van der Waals surface area contributed by atoms with Crippen LogP contribution in [0.5, 0.6) is 0 Å². The van der Waals surface area contributed by atoms with Gasteiger partial charge in [-0.05, 0) is 42.0 Å². The summed E-state index contributed by atoms with van der Waals surface area (Å²) in [7, 11) is 1.74. The first-order valence-electron chi connectivity index (χ1n) is 9.23. The molecule has 30 heavy (non-hydrogen) atoms. The molecule has 1 N–H and O–H groups in total. The van der Waals surface area contributed by atoms with Gasteiger partial charge < -0.3 is 10.2 Å². The van der Waals surface area contributed by atoms with Gasteiger partial charge in [-0.15, -0.1) is 11.8 Å². The van der Waals surface area contributed by atoms with Gasteiger partial charge in [0.15, 0.2) is 0 Å². The average molecular weight is 417 g/mol. The first kappa shape index (κ1) is 21.1. The van der Waals surface area contributed by atoms with Crippen LogP contribution in [0, 0.1) is 11.3 Å². The van der Waals surface area contributed by atoms with Gasteiger partial charge in [-0.3, -0.25) is 14.6 Å². The van der Waals surface area contributed by atoms with Gasteiger partial charge in [0.2, 0.25) is 5.91 Å². The summed E-state index contributed by atoms with van der Waals surface area (Å²) >= 11 is 1.30. The van der Waals surface area contributed by atoms with Gasteiger partial charge in [0, 0.05) is 36.6 Å². The van der Waals surface area contributed by atoms with Gasteiger partial charge in [-0.1, -0.05) is 24.3 Å². The second-order valence-corrected chi connectivity index (χ2v) is 7.57. The maximum atomic E-state index is 12.9. The molecule has 0 saturated carbocycles. The zero-order valence-corrected chi connectivity index (χ0v) is 17.2. The van der Waals surface area contributed by atoms with Crippen LogP contribution >= 0.6 is 11.8 Å². The smallest absolute Gasteiger partial charge is 0.255 e. The molecule has 0 saturated heterocycles. The third-order valence-corrected chi connectivity index (χ3v) is 5.31. The molecule has 3 rings (SSSR count). The fourth-order valence-electron chi connectivity index (χ4n) is 2.82. The lowest BCUT2D eigenvalue weighted by atomic mass is 10.2. The average Bonchev–Trinajstić information content (AvgIpc) is 2.78. The number of hydrogen-bond acceptors (Lipinski definition) is 5. The van der Waals surface area contributed by atoms with Gasteiger partial charge >= 0.3 is 0 Å². The summed E-state index contributed by atoms with van der Waals surface area (Å²) in [4.78, 5) is 31.7. The number of anilines is 1. The van der Waals surface area contributed by atoms with Crippen LogP contribution in [0.3, 0.4) is 0 Å². The minimum absolute atomic E-state index is 0.121. The van der Waals surface area contributed by atoms with Crippen LogP contribution in [0.2, 0.25) is 0 Å². The molecule has 3 aromatic rings. The molecular formula is C23H20N4O2S. The highest BCUT2D eigenvalue weighted by Gasteiger charge is 2.17. The van der Waals surface area contributed by atoms with E-state index in [0.29, 0.717) is 23.4 Å². The van der Waals surface area contributed by atoms with E-state index in [1.807, 2.05) is 36.4 Å². The van der Waals surface area contributed by atoms with Gasteiger partial charge in [-0.2, -0.15) is 5.26 Å². The summed E-state index contributed by atoms with van der Waals surface area (Å²) in [5, 5.41) is 11.7. The van der Waals surface area contributed by atoms with Gasteiger partial charge in [0.25, 0.3) is 5.91 Å². The number of nitrogens with one attached hydrogen (secondary N) is 1. The van der Waals surface area contributed by atoms with Crippen molar-refractivity contribution in [3.63, 3.8) is 0 Å². The SMILES string of the molecule is CN(Cc1cccnc1)C(=O)c1ccccc1SCC(=O)Nc1cccc(C#N)c1. The van der Waals surface area contributed by atoms with Crippen molar-refractivity contribution in [1.82, 2.24) is 9.88 Å². The Hall–Kier alpha value is -3.63. The zero-order chi connectivity index (χ0) is 21.3. The number of hydrogen-bond donors (Lipinski definition) is 1. The molecule has 0 bridgehead atoms. The number of nitrogens with zero attached hydrogens (tertiary/aromatic N) is 3.